The molecule has 1 saturated carbocycles. The number of hydrazone groups is 1. The fourth-order valence-electron chi connectivity index (χ4n) is 7.96. The number of non-ortho nitro benzene ring substituents is 2. The highest BCUT2D eigenvalue weighted by molar-refractivity contribution is 9.10. The van der Waals surface area contributed by atoms with Gasteiger partial charge in [-0.25, -0.2) is 4.79 Å². The molecule has 2 aliphatic heterocycles. The highest BCUT2D eigenvalue weighted by Crippen LogP contribution is 2.62. The van der Waals surface area contributed by atoms with Crippen LogP contribution in [-0.2, 0) is 25.1 Å². The number of urea groups is 1. The van der Waals surface area contributed by atoms with E-state index in [9.17, 15) is 35.2 Å². The van der Waals surface area contributed by atoms with Gasteiger partial charge in [-0.2, -0.15) is 16.9 Å². The molecule has 0 radical (unpaired) electrons. The molecule has 1 aliphatic carbocycles. The van der Waals surface area contributed by atoms with Crippen LogP contribution in [0.15, 0.2) is 94.5 Å². The third kappa shape index (κ3) is 7.89. The van der Waals surface area contributed by atoms with Gasteiger partial charge in [0.1, 0.15) is 17.8 Å². The Bertz CT molecular complexity index is 2140. The standard InChI is InChI=1S/C39H39BrN6O9S/c40-36-32(54-23-25-7-4-8-30(15-25)46(52)53)16-26-21-44(38(49)41-20-24-5-2-1-3-6-24)31(22-48)19-39-33(55-37(36)35(26)39)17-28(18-34(39)56-14-13-47)43-42-27-9-11-29(12-10-27)45(50)51/h1-12,15-16,31,33-34,42,47-48H,13-14,17-23H2,(H,41,49)/p+1/b43-28-/t31?,33-,34?,39?/m1/s1. The van der Waals surface area contributed by atoms with Gasteiger partial charge in [0.05, 0.1) is 46.8 Å². The van der Waals surface area contributed by atoms with Crippen LogP contribution in [0.25, 0.3) is 0 Å². The lowest BCUT2D eigenvalue weighted by Crippen LogP contribution is -2.55. The highest BCUT2D eigenvalue weighted by Gasteiger charge is 2.64. The maximum atomic E-state index is 14.1. The van der Waals surface area contributed by atoms with Crippen molar-refractivity contribution in [2.24, 2.45) is 5.10 Å². The van der Waals surface area contributed by atoms with Crippen molar-refractivity contribution in [1.82, 2.24) is 10.2 Å². The number of nitrogens with zero attached hydrogens (tertiary/aromatic N) is 4. The van der Waals surface area contributed by atoms with Crippen molar-refractivity contribution in [3.05, 3.63) is 132 Å². The van der Waals surface area contributed by atoms with Crippen LogP contribution < -0.4 is 15.5 Å². The number of thioether (sulfide) groups is 1. The average Bonchev–Trinajstić information content (AvgIpc) is 3.47. The van der Waals surface area contributed by atoms with Crippen LogP contribution in [0.3, 0.4) is 0 Å². The molecule has 15 nitrogen and oxygen atoms in total. The molecule has 0 bridgehead atoms. The number of rotatable bonds is 13. The first-order chi connectivity index (χ1) is 27.1. The second-order valence-corrected chi connectivity index (χ2v) is 16.0. The Hall–Kier alpha value is -5.23. The summed E-state index contributed by atoms with van der Waals surface area (Å²) in [5, 5.41) is 51.3. The Morgan fingerprint density at radius 1 is 1.00 bits per heavy atom. The number of halogens is 1. The smallest absolute Gasteiger partial charge is 0.318 e. The molecular formula is C39H40BrN6O9S+. The second-order valence-electron chi connectivity index (χ2n) is 13.9. The lowest BCUT2D eigenvalue weighted by molar-refractivity contribution is -0.385. The molecule has 0 saturated heterocycles. The van der Waals surface area contributed by atoms with Crippen LogP contribution in [-0.4, -0.2) is 77.8 Å². The van der Waals surface area contributed by atoms with Gasteiger partial charge in [-0.1, -0.05) is 42.5 Å². The SMILES string of the molecule is O=C(NCc1ccccc1)N1Cc2cc(OCc3cccc([N+](=O)[O-])c3)c(Br)c3c2C2(CC1CO)C(SCCO)C/C(=N\Nc1ccc([N+](=O)[O-])cc1)C[C@H]2[OH+]3. The molecule has 7 rings (SSSR count). The molecule has 56 heavy (non-hydrogen) atoms. The predicted octanol–water partition coefficient (Wildman–Crippen LogP) is 6.54. The summed E-state index contributed by atoms with van der Waals surface area (Å²) in [7, 11) is 0. The maximum Gasteiger partial charge on any atom is 0.318 e. The largest absolute Gasteiger partial charge is 0.579 e. The summed E-state index contributed by atoms with van der Waals surface area (Å²) in [6, 6.07) is 22.8. The van der Waals surface area contributed by atoms with E-state index in [1.165, 1.54) is 24.3 Å². The lowest BCUT2D eigenvalue weighted by atomic mass is 9.64. The number of carbonyl (C=O) groups excluding carboxylic acids is 1. The summed E-state index contributed by atoms with van der Waals surface area (Å²) >= 11 is 5.40. The molecule has 3 unspecified atom stereocenters. The number of nitrogens with one attached hydrogen (secondary N) is 2. The number of hydrogen-bond donors (Lipinski definition) is 4. The van der Waals surface area contributed by atoms with Crippen LogP contribution >= 0.6 is 27.7 Å². The van der Waals surface area contributed by atoms with Gasteiger partial charge in [0.2, 0.25) is 0 Å². The van der Waals surface area contributed by atoms with E-state index in [-0.39, 0.29) is 55.1 Å². The first kappa shape index (κ1) is 39.0. The van der Waals surface area contributed by atoms with Gasteiger partial charge in [0.15, 0.2) is 10.6 Å². The molecule has 3 aliphatic rings. The zero-order valence-electron chi connectivity index (χ0n) is 30.0. The van der Waals surface area contributed by atoms with E-state index in [4.69, 9.17) is 14.6 Å². The number of ether oxygens (including phenoxy) is 2. The van der Waals surface area contributed by atoms with E-state index in [0.29, 0.717) is 58.8 Å². The molecular weight excluding hydrogens is 808 g/mol. The van der Waals surface area contributed by atoms with Gasteiger partial charge >= 0.3 is 6.03 Å². The van der Waals surface area contributed by atoms with E-state index in [0.717, 1.165) is 22.4 Å². The number of aliphatic hydroxyl groups is 3. The number of benzene rings is 4. The fraction of sp³-hybridized carbons (Fsp3) is 0.333. The first-order valence-electron chi connectivity index (χ1n) is 18.0. The topological polar surface area (TPSA) is 206 Å². The van der Waals surface area contributed by atoms with Gasteiger partial charge in [0, 0.05) is 60.5 Å². The third-order valence-electron chi connectivity index (χ3n) is 10.5. The molecule has 1 spiro atoms. The Balaban J connectivity index is 1.27. The van der Waals surface area contributed by atoms with Crippen molar-refractivity contribution in [2.45, 2.75) is 61.8 Å². The number of amides is 2. The third-order valence-corrected chi connectivity index (χ3v) is 12.7. The summed E-state index contributed by atoms with van der Waals surface area (Å²) in [5.41, 5.74) is 6.96. The molecule has 4 aromatic rings. The molecule has 17 heteroatoms. The zero-order chi connectivity index (χ0) is 39.4. The van der Waals surface area contributed by atoms with E-state index < -0.39 is 21.3 Å². The van der Waals surface area contributed by atoms with Crippen LogP contribution in [0.4, 0.5) is 21.9 Å². The van der Waals surface area contributed by atoms with Crippen molar-refractivity contribution < 1.29 is 34.3 Å². The molecule has 1 fully saturated rings. The van der Waals surface area contributed by atoms with E-state index in [1.807, 2.05) is 36.4 Å². The molecule has 4 aromatic carbocycles. The van der Waals surface area contributed by atoms with Gasteiger partial charge in [-0.3, -0.25) is 25.7 Å². The summed E-state index contributed by atoms with van der Waals surface area (Å²) in [6.45, 7) is 0.127. The molecule has 4 atom stereocenters. The molecule has 2 amide bonds. The minimum atomic E-state index is -0.681. The fourth-order valence-corrected chi connectivity index (χ4v) is 9.86. The Morgan fingerprint density at radius 3 is 2.46 bits per heavy atom. The molecule has 5 N–H and O–H groups in total. The number of nitro benzene ring substituents is 2. The minimum absolute atomic E-state index is 0.0322. The van der Waals surface area contributed by atoms with Crippen LogP contribution in [0, 0.1) is 20.2 Å². The normalized spacial score (nSPS) is 21.7. The molecule has 0 aromatic heterocycles. The number of aromatic hydroxyl groups is 1. The summed E-state index contributed by atoms with van der Waals surface area (Å²) in [4.78, 5) is 37.5. The van der Waals surface area contributed by atoms with E-state index >= 15 is 0 Å². The van der Waals surface area contributed by atoms with Gasteiger partial charge < -0.3 is 29.9 Å². The van der Waals surface area contributed by atoms with Crippen molar-refractivity contribution in [2.75, 3.05) is 24.4 Å². The number of aliphatic hydroxyl groups excluding tert-OH is 2. The Morgan fingerprint density at radius 2 is 1.75 bits per heavy atom. The number of anilines is 1. The minimum Gasteiger partial charge on any atom is -0.579 e. The van der Waals surface area contributed by atoms with Crippen LogP contribution in [0.1, 0.15) is 41.5 Å². The predicted molar refractivity (Wildman–Crippen MR) is 215 cm³/mol. The van der Waals surface area contributed by atoms with E-state index in [1.54, 1.807) is 40.9 Å². The van der Waals surface area contributed by atoms with Gasteiger partial charge in [-0.15, -0.1) is 0 Å². The van der Waals surface area contributed by atoms with Crippen molar-refractivity contribution in [1.29, 1.82) is 0 Å². The average molecular weight is 849 g/mol. The Kier molecular flexibility index (Phi) is 11.8. The van der Waals surface area contributed by atoms with E-state index in [2.05, 4.69) is 26.7 Å². The lowest BCUT2D eigenvalue weighted by Gasteiger charge is -2.44. The highest BCUT2D eigenvalue weighted by atomic mass is 79.9. The number of nitro groups is 2. The van der Waals surface area contributed by atoms with Crippen molar-refractivity contribution >= 4 is 56.5 Å². The maximum absolute atomic E-state index is 14.1. The summed E-state index contributed by atoms with van der Waals surface area (Å²) < 4.78 is 12.3. The quantitative estimate of drug-likeness (QED) is 0.0650. The van der Waals surface area contributed by atoms with Crippen LogP contribution in [0.2, 0.25) is 0 Å². The monoisotopic (exact) mass is 847 g/mol. The van der Waals surface area contributed by atoms with Gasteiger partial charge in [0.25, 0.3) is 17.1 Å². The number of carbonyl (C=O) groups is 1. The summed E-state index contributed by atoms with van der Waals surface area (Å²) in [5.74, 6) is 1.55. The zero-order valence-corrected chi connectivity index (χ0v) is 32.4. The summed E-state index contributed by atoms with van der Waals surface area (Å²) in [6.07, 6.45) is 0.974. The van der Waals surface area contributed by atoms with Gasteiger partial charge in [-0.05, 0) is 57.2 Å². The van der Waals surface area contributed by atoms with Crippen molar-refractivity contribution in [3.8, 4) is 11.5 Å². The van der Waals surface area contributed by atoms with Crippen molar-refractivity contribution in [3.63, 3.8) is 0 Å². The Labute approximate surface area is 334 Å². The second kappa shape index (κ2) is 16.9. The number of hydrogen-bond acceptors (Lipinski definition) is 11. The molecule has 292 valence electrons. The first-order valence-corrected chi connectivity index (χ1v) is 19.9. The van der Waals surface area contributed by atoms with Crippen LogP contribution in [0.5, 0.6) is 11.5 Å². The molecule has 2 heterocycles.